The lowest BCUT2D eigenvalue weighted by Crippen LogP contribution is -2.44. The summed E-state index contributed by atoms with van der Waals surface area (Å²) in [5.41, 5.74) is 3.90. The summed E-state index contributed by atoms with van der Waals surface area (Å²) in [6, 6.07) is 5.88. The van der Waals surface area contributed by atoms with Crippen molar-refractivity contribution in [3.05, 3.63) is 70.8 Å². The molecule has 4 heterocycles. The first-order valence-corrected chi connectivity index (χ1v) is 20.8. The molecule has 0 radical (unpaired) electrons. The number of carbonyl (C=O) groups excluding carboxylic acids is 3. The van der Waals surface area contributed by atoms with Gasteiger partial charge in [-0.3, -0.25) is 19.4 Å². The lowest BCUT2D eigenvalue weighted by Gasteiger charge is -2.28. The molecule has 6 rings (SSSR count). The first kappa shape index (κ1) is 39.7. The number of methoxy groups -OCH3 is 1. The number of benzene rings is 2. The summed E-state index contributed by atoms with van der Waals surface area (Å²) in [6.07, 6.45) is 3.78. The van der Waals surface area contributed by atoms with Crippen molar-refractivity contribution in [1.82, 2.24) is 9.80 Å². The van der Waals surface area contributed by atoms with Gasteiger partial charge < -0.3 is 39.0 Å². The minimum absolute atomic E-state index is 0.120. The number of hydrogen-bond donors (Lipinski definition) is 2. The molecule has 2 saturated heterocycles. The fourth-order valence-corrected chi connectivity index (χ4v) is 9.15. The van der Waals surface area contributed by atoms with Crippen LogP contribution in [0.5, 0.6) is 17.2 Å². The van der Waals surface area contributed by atoms with Crippen LogP contribution in [0, 0.1) is 0 Å². The highest BCUT2D eigenvalue weighted by atomic mass is 33.1. The standard InChI is InChI=1S/C40H49N3O9S2/c1-23(2)54-53-12-11-52-40(48)36-28-16-35(34(49-5)17-29(28)38(46)43-21-25(4)14-32(43)37(36)45)51-10-8-6-7-9-50-33-18-31-30(15-26(33)22-44)39(47)42-20-24(3)13-27(42)19-41-31/h15-19,23,27,32,36-37,44-45H,3-4,6-14,20-22H2,1-2,5H3/t27-,32-,36?,37?/m0/s1. The lowest BCUT2D eigenvalue weighted by molar-refractivity contribution is -0.148. The number of fused-ring (bicyclic) bond motifs is 4. The highest BCUT2D eigenvalue weighted by Crippen LogP contribution is 2.43. The van der Waals surface area contributed by atoms with Crippen LogP contribution in [-0.4, -0.2) is 113 Å². The Bertz CT molecular complexity index is 1810. The molecule has 54 heavy (non-hydrogen) atoms. The molecule has 14 heteroatoms. The maximum Gasteiger partial charge on any atom is 0.316 e. The van der Waals surface area contributed by atoms with Crippen LogP contribution in [0.15, 0.2) is 53.6 Å². The summed E-state index contributed by atoms with van der Waals surface area (Å²) in [5.74, 6) is -0.340. The summed E-state index contributed by atoms with van der Waals surface area (Å²) in [5, 5.41) is 22.1. The monoisotopic (exact) mass is 779 g/mol. The predicted octanol–water partition coefficient (Wildman–Crippen LogP) is 5.86. The summed E-state index contributed by atoms with van der Waals surface area (Å²) in [4.78, 5) is 48.6. The maximum atomic E-state index is 13.8. The summed E-state index contributed by atoms with van der Waals surface area (Å²) >= 11 is 0. The first-order chi connectivity index (χ1) is 26.0. The lowest BCUT2D eigenvalue weighted by atomic mass is 9.86. The molecule has 2 aromatic rings. The zero-order valence-corrected chi connectivity index (χ0v) is 32.7. The van der Waals surface area contributed by atoms with Crippen molar-refractivity contribution in [1.29, 1.82) is 0 Å². The Morgan fingerprint density at radius 3 is 2.35 bits per heavy atom. The molecule has 12 nitrogen and oxygen atoms in total. The van der Waals surface area contributed by atoms with Gasteiger partial charge in [0, 0.05) is 47.5 Å². The van der Waals surface area contributed by atoms with Crippen LogP contribution >= 0.6 is 21.6 Å². The molecule has 0 spiro atoms. The van der Waals surface area contributed by atoms with Crippen molar-refractivity contribution < 1.29 is 43.5 Å². The van der Waals surface area contributed by atoms with Crippen molar-refractivity contribution in [3.63, 3.8) is 0 Å². The van der Waals surface area contributed by atoms with Crippen LogP contribution in [0.3, 0.4) is 0 Å². The molecule has 4 aliphatic heterocycles. The molecule has 2 N–H and O–H groups in total. The molecule has 290 valence electrons. The number of amides is 2. The van der Waals surface area contributed by atoms with E-state index in [4.69, 9.17) is 18.9 Å². The van der Waals surface area contributed by atoms with Crippen molar-refractivity contribution in [2.24, 2.45) is 4.99 Å². The number of aliphatic hydroxyl groups excluding tert-OH is 2. The molecule has 2 fully saturated rings. The third-order valence-corrected chi connectivity index (χ3v) is 12.9. The Labute approximate surface area is 324 Å². The fraction of sp³-hybridized carbons (Fsp3) is 0.500. The molecular weight excluding hydrogens is 731 g/mol. The Morgan fingerprint density at radius 2 is 1.63 bits per heavy atom. The maximum absolute atomic E-state index is 13.8. The van der Waals surface area contributed by atoms with E-state index in [9.17, 15) is 24.6 Å². The van der Waals surface area contributed by atoms with Gasteiger partial charge in [0.05, 0.1) is 56.4 Å². The van der Waals surface area contributed by atoms with Crippen LogP contribution < -0.4 is 14.2 Å². The second kappa shape index (κ2) is 17.7. The third kappa shape index (κ3) is 8.61. The number of unbranched alkanes of at least 4 members (excludes halogenated alkanes) is 2. The largest absolute Gasteiger partial charge is 0.493 e. The van der Waals surface area contributed by atoms with Gasteiger partial charge in [-0.2, -0.15) is 0 Å². The van der Waals surface area contributed by atoms with Crippen LogP contribution in [0.25, 0.3) is 0 Å². The molecule has 0 saturated carbocycles. The second-order valence-electron chi connectivity index (χ2n) is 14.3. The number of carbonyl (C=O) groups is 3. The highest BCUT2D eigenvalue weighted by Gasteiger charge is 2.48. The van der Waals surface area contributed by atoms with E-state index >= 15 is 0 Å². The number of aliphatic imine (C=N–C) groups is 1. The smallest absolute Gasteiger partial charge is 0.316 e. The zero-order chi connectivity index (χ0) is 38.5. The quantitative estimate of drug-likeness (QED) is 0.0914. The van der Waals surface area contributed by atoms with E-state index < -0.39 is 24.0 Å². The molecule has 0 aliphatic carbocycles. The van der Waals surface area contributed by atoms with Crippen molar-refractivity contribution in [2.45, 2.75) is 81.9 Å². The Morgan fingerprint density at radius 1 is 0.926 bits per heavy atom. The van der Waals surface area contributed by atoms with Crippen molar-refractivity contribution in [3.8, 4) is 17.2 Å². The van der Waals surface area contributed by atoms with E-state index in [-0.39, 0.29) is 36.6 Å². The van der Waals surface area contributed by atoms with E-state index in [1.165, 1.54) is 7.11 Å². The molecule has 2 aromatic carbocycles. The number of rotatable bonds is 16. The molecule has 0 aromatic heterocycles. The number of aliphatic hydroxyl groups is 2. The van der Waals surface area contributed by atoms with Crippen LogP contribution in [0.2, 0.25) is 0 Å². The normalized spacial score (nSPS) is 21.7. The van der Waals surface area contributed by atoms with Gasteiger partial charge in [0.2, 0.25) is 0 Å². The molecule has 0 bridgehead atoms. The fourth-order valence-electron chi connectivity index (χ4n) is 7.32. The molecular formula is C40H49N3O9S2. The number of ether oxygens (including phenoxy) is 4. The minimum Gasteiger partial charge on any atom is -0.493 e. The average molecular weight is 780 g/mol. The van der Waals surface area contributed by atoms with Gasteiger partial charge >= 0.3 is 5.97 Å². The summed E-state index contributed by atoms with van der Waals surface area (Å²) in [6.45, 7) is 13.6. The molecule has 4 aliphatic rings. The van der Waals surface area contributed by atoms with Crippen molar-refractivity contribution in [2.75, 3.05) is 45.8 Å². The topological polar surface area (TPSA) is 147 Å². The van der Waals surface area contributed by atoms with Crippen LogP contribution in [0.1, 0.15) is 83.7 Å². The predicted molar refractivity (Wildman–Crippen MR) is 210 cm³/mol. The molecule has 2 unspecified atom stereocenters. The van der Waals surface area contributed by atoms with Gasteiger partial charge in [0.25, 0.3) is 11.8 Å². The van der Waals surface area contributed by atoms with Gasteiger partial charge in [-0.15, -0.1) is 0 Å². The number of hydrogen-bond acceptors (Lipinski definition) is 12. The number of esters is 1. The van der Waals surface area contributed by atoms with E-state index in [1.807, 2.05) is 0 Å². The van der Waals surface area contributed by atoms with Crippen LogP contribution in [0.4, 0.5) is 5.69 Å². The van der Waals surface area contributed by atoms with Gasteiger partial charge in [-0.25, -0.2) is 0 Å². The number of nitrogens with zero attached hydrogens (tertiary/aromatic N) is 3. The van der Waals surface area contributed by atoms with E-state index in [0.29, 0.717) is 103 Å². The third-order valence-electron chi connectivity index (χ3n) is 9.94. The van der Waals surface area contributed by atoms with Gasteiger partial charge in [-0.05, 0) is 55.9 Å². The average Bonchev–Trinajstić information content (AvgIpc) is 3.69. The Hall–Kier alpha value is -3.98. The van der Waals surface area contributed by atoms with Crippen LogP contribution in [-0.2, 0) is 16.1 Å². The van der Waals surface area contributed by atoms with Crippen molar-refractivity contribution >= 4 is 51.3 Å². The minimum atomic E-state index is -1.20. The molecule has 4 atom stereocenters. The van der Waals surface area contributed by atoms with Gasteiger partial charge in [-0.1, -0.05) is 59.7 Å². The van der Waals surface area contributed by atoms with Gasteiger partial charge in [0.15, 0.2) is 11.5 Å². The summed E-state index contributed by atoms with van der Waals surface area (Å²) in [7, 11) is 4.81. The summed E-state index contributed by atoms with van der Waals surface area (Å²) < 4.78 is 23.5. The van der Waals surface area contributed by atoms with Gasteiger partial charge in [0.1, 0.15) is 18.3 Å². The highest BCUT2D eigenvalue weighted by molar-refractivity contribution is 8.76. The van der Waals surface area contributed by atoms with E-state index in [0.717, 1.165) is 17.6 Å². The van der Waals surface area contributed by atoms with E-state index in [1.54, 1.807) is 61.9 Å². The SMILES string of the molecule is C=C1C[C@H]2C=Nc3cc(OCCCCCOc4cc5c(cc4OC)C(=O)N4CC(=C)C[C@H]4C(O)C5C(=O)OCCSSC(C)C)c(CO)cc3C(=O)N2C1. The Kier molecular flexibility index (Phi) is 13.0. The molecule has 2 amide bonds. The second-order valence-corrected chi connectivity index (χ2v) is 17.3. The van der Waals surface area contributed by atoms with E-state index in [2.05, 4.69) is 32.0 Å². The Balaban J connectivity index is 1.08. The zero-order valence-electron chi connectivity index (χ0n) is 31.1. The first-order valence-electron chi connectivity index (χ1n) is 18.4.